The molecule has 0 bridgehead atoms. The molecule has 0 aliphatic carbocycles. The van der Waals surface area contributed by atoms with Gasteiger partial charge in [-0.15, -0.1) is 0 Å². The first kappa shape index (κ1) is 18.5. The lowest BCUT2D eigenvalue weighted by Gasteiger charge is -2.32. The van der Waals surface area contributed by atoms with Crippen molar-refractivity contribution >= 4 is 15.9 Å². The van der Waals surface area contributed by atoms with Crippen molar-refractivity contribution in [1.29, 1.82) is 0 Å². The van der Waals surface area contributed by atoms with Crippen LogP contribution in [0, 0.1) is 5.82 Å². The maximum absolute atomic E-state index is 13.6. The molecule has 0 spiro atoms. The van der Waals surface area contributed by atoms with Crippen LogP contribution in [0.2, 0.25) is 0 Å². The lowest BCUT2D eigenvalue weighted by atomic mass is 10.1. The molecule has 1 aromatic carbocycles. The average molecular weight is 377 g/mol. The van der Waals surface area contributed by atoms with E-state index < -0.39 is 21.1 Å². The maximum atomic E-state index is 13.6. The monoisotopic (exact) mass is 377 g/mol. The molecule has 2 heterocycles. The van der Waals surface area contributed by atoms with Crippen LogP contribution in [0.4, 0.5) is 4.39 Å². The van der Waals surface area contributed by atoms with E-state index in [4.69, 9.17) is 0 Å². The van der Waals surface area contributed by atoms with E-state index in [0.717, 1.165) is 0 Å². The van der Waals surface area contributed by atoms with Gasteiger partial charge in [-0.05, 0) is 37.1 Å². The molecule has 1 amide bonds. The van der Waals surface area contributed by atoms with Crippen molar-refractivity contribution in [3.63, 3.8) is 0 Å². The van der Waals surface area contributed by atoms with Gasteiger partial charge in [0.2, 0.25) is 10.0 Å². The molecule has 0 radical (unpaired) electrons. The first-order valence-electron chi connectivity index (χ1n) is 8.39. The van der Waals surface area contributed by atoms with E-state index in [1.807, 2.05) is 6.07 Å². The number of hydrogen-bond donors (Lipinski definition) is 1. The predicted octanol–water partition coefficient (Wildman–Crippen LogP) is 1.94. The van der Waals surface area contributed by atoms with Crippen molar-refractivity contribution in [2.24, 2.45) is 0 Å². The Morgan fingerprint density at radius 1 is 1.23 bits per heavy atom. The number of nitrogens with zero attached hydrogens (tertiary/aromatic N) is 2. The minimum atomic E-state index is -3.70. The third-order valence-electron chi connectivity index (χ3n) is 4.40. The molecule has 26 heavy (non-hydrogen) atoms. The smallest absolute Gasteiger partial charge is 0.253 e. The number of carbonyl (C=O) groups is 1. The molecule has 1 aliphatic rings. The molecular formula is C18H20FN3O3S. The van der Waals surface area contributed by atoms with Crippen LogP contribution < -0.4 is 4.72 Å². The predicted molar refractivity (Wildman–Crippen MR) is 95.3 cm³/mol. The lowest BCUT2D eigenvalue weighted by molar-refractivity contribution is 0.0726. The number of benzene rings is 1. The van der Waals surface area contributed by atoms with Gasteiger partial charge in [0.1, 0.15) is 5.82 Å². The second kappa shape index (κ2) is 7.92. The Bertz CT molecular complexity index is 874. The van der Waals surface area contributed by atoms with Gasteiger partial charge in [-0.25, -0.2) is 17.5 Å². The fourth-order valence-corrected chi connectivity index (χ4v) is 4.40. The van der Waals surface area contributed by atoms with E-state index in [-0.39, 0.29) is 24.7 Å². The molecular weight excluding hydrogens is 357 g/mol. The Hall–Kier alpha value is -2.32. The molecule has 1 fully saturated rings. The van der Waals surface area contributed by atoms with E-state index >= 15 is 0 Å². The van der Waals surface area contributed by atoms with Crippen LogP contribution in [0.5, 0.6) is 0 Å². The van der Waals surface area contributed by atoms with Gasteiger partial charge in [0.25, 0.3) is 5.91 Å². The Morgan fingerprint density at radius 2 is 2.00 bits per heavy atom. The second-order valence-electron chi connectivity index (χ2n) is 6.18. The summed E-state index contributed by atoms with van der Waals surface area (Å²) in [5, 5.41) is -0.726. The number of sulfonamides is 1. The fraction of sp³-hybridized carbons (Fsp3) is 0.333. The number of halogens is 1. The summed E-state index contributed by atoms with van der Waals surface area (Å²) in [5.74, 6) is -0.735. The van der Waals surface area contributed by atoms with Crippen LogP contribution >= 0.6 is 0 Å². The van der Waals surface area contributed by atoms with Gasteiger partial charge in [-0.1, -0.05) is 18.2 Å². The molecule has 1 N–H and O–H groups in total. The highest BCUT2D eigenvalue weighted by molar-refractivity contribution is 7.90. The highest BCUT2D eigenvalue weighted by atomic mass is 32.2. The Balaban J connectivity index is 1.66. The minimum Gasteiger partial charge on any atom is -0.337 e. The van der Waals surface area contributed by atoms with Crippen molar-refractivity contribution < 1.29 is 17.6 Å². The van der Waals surface area contributed by atoms with Gasteiger partial charge in [0.05, 0.1) is 17.5 Å². The summed E-state index contributed by atoms with van der Waals surface area (Å²) < 4.78 is 41.2. The molecule has 0 saturated carbocycles. The van der Waals surface area contributed by atoms with Gasteiger partial charge >= 0.3 is 0 Å². The quantitative estimate of drug-likeness (QED) is 0.864. The first-order chi connectivity index (χ1) is 12.5. The summed E-state index contributed by atoms with van der Waals surface area (Å²) in [6.07, 6.45) is 2.47. The highest BCUT2D eigenvalue weighted by Gasteiger charge is 2.33. The summed E-state index contributed by atoms with van der Waals surface area (Å²) in [7, 11) is -3.70. The Morgan fingerprint density at radius 3 is 2.73 bits per heavy atom. The number of amides is 1. The molecule has 1 aliphatic heterocycles. The van der Waals surface area contributed by atoms with Crippen molar-refractivity contribution in [2.45, 2.75) is 24.6 Å². The Labute approximate surface area is 152 Å². The molecule has 138 valence electrons. The van der Waals surface area contributed by atoms with Crippen LogP contribution in [0.15, 0.2) is 48.7 Å². The molecule has 6 nitrogen and oxygen atoms in total. The third kappa shape index (κ3) is 4.25. The topological polar surface area (TPSA) is 79.4 Å². The van der Waals surface area contributed by atoms with E-state index in [9.17, 15) is 17.6 Å². The molecule has 8 heteroatoms. The second-order valence-corrected chi connectivity index (χ2v) is 8.22. The van der Waals surface area contributed by atoms with E-state index in [1.54, 1.807) is 29.2 Å². The molecule has 1 unspecified atom stereocenters. The van der Waals surface area contributed by atoms with Gasteiger partial charge < -0.3 is 4.90 Å². The Kier molecular flexibility index (Phi) is 5.63. The van der Waals surface area contributed by atoms with Crippen LogP contribution in [0.1, 0.15) is 28.9 Å². The van der Waals surface area contributed by atoms with Crippen molar-refractivity contribution in [3.8, 4) is 0 Å². The molecule has 2 aromatic rings. The van der Waals surface area contributed by atoms with Crippen molar-refractivity contribution in [2.75, 3.05) is 13.1 Å². The third-order valence-corrected chi connectivity index (χ3v) is 6.21. The van der Waals surface area contributed by atoms with E-state index in [2.05, 4.69) is 9.71 Å². The van der Waals surface area contributed by atoms with Crippen LogP contribution in [-0.2, 0) is 16.6 Å². The number of pyridine rings is 1. The molecule has 1 saturated heterocycles. The van der Waals surface area contributed by atoms with Gasteiger partial charge in [-0.2, -0.15) is 0 Å². The minimum absolute atomic E-state index is 0.0455. The summed E-state index contributed by atoms with van der Waals surface area (Å²) in [5.41, 5.74) is 0.582. The zero-order valence-corrected chi connectivity index (χ0v) is 15.0. The van der Waals surface area contributed by atoms with Crippen LogP contribution in [-0.4, -0.2) is 42.5 Å². The number of piperidine rings is 1. The summed E-state index contributed by atoms with van der Waals surface area (Å²) >= 11 is 0. The standard InChI is InChI=1S/C18H20FN3O3S/c19-16-9-4-10-20-17(16)12-21-26(24,25)15-8-5-11-22(13-15)18(23)14-6-2-1-3-7-14/h1-4,6-7,9-10,15,21H,5,8,11-13H2. The SMILES string of the molecule is O=C(c1ccccc1)N1CCCC(S(=O)(=O)NCc2ncccc2F)C1. The molecule has 1 aromatic heterocycles. The zero-order chi connectivity index (χ0) is 18.6. The van der Waals surface area contributed by atoms with Gasteiger partial charge in [0, 0.05) is 24.8 Å². The van der Waals surface area contributed by atoms with Crippen LogP contribution in [0.3, 0.4) is 0 Å². The summed E-state index contributed by atoms with van der Waals surface area (Å²) in [4.78, 5) is 17.9. The summed E-state index contributed by atoms with van der Waals surface area (Å²) in [6.45, 7) is 0.431. The van der Waals surface area contributed by atoms with Gasteiger partial charge in [-0.3, -0.25) is 9.78 Å². The number of likely N-dealkylation sites (tertiary alicyclic amines) is 1. The molecule has 1 atom stereocenters. The average Bonchev–Trinajstić information content (AvgIpc) is 2.67. The van der Waals surface area contributed by atoms with E-state index in [1.165, 1.54) is 18.3 Å². The number of carbonyl (C=O) groups excluding carboxylic acids is 1. The van der Waals surface area contributed by atoms with Crippen LogP contribution in [0.25, 0.3) is 0 Å². The largest absolute Gasteiger partial charge is 0.337 e. The zero-order valence-electron chi connectivity index (χ0n) is 14.1. The summed E-state index contributed by atoms with van der Waals surface area (Å²) in [6, 6.07) is 11.5. The van der Waals surface area contributed by atoms with Crippen molar-refractivity contribution in [3.05, 3.63) is 65.7 Å². The number of aromatic nitrogens is 1. The fourth-order valence-electron chi connectivity index (χ4n) is 2.97. The number of nitrogens with one attached hydrogen (secondary N) is 1. The highest BCUT2D eigenvalue weighted by Crippen LogP contribution is 2.19. The van der Waals surface area contributed by atoms with Crippen molar-refractivity contribution in [1.82, 2.24) is 14.6 Å². The maximum Gasteiger partial charge on any atom is 0.253 e. The lowest BCUT2D eigenvalue weighted by Crippen LogP contribution is -2.48. The normalized spacial score (nSPS) is 17.9. The first-order valence-corrected chi connectivity index (χ1v) is 9.94. The molecule has 3 rings (SSSR count). The number of hydrogen-bond acceptors (Lipinski definition) is 4. The van der Waals surface area contributed by atoms with Gasteiger partial charge in [0.15, 0.2) is 0 Å². The van der Waals surface area contributed by atoms with E-state index in [0.29, 0.717) is 24.9 Å². The number of rotatable bonds is 5.